The zero-order valence-corrected chi connectivity index (χ0v) is 13.2. The van der Waals surface area contributed by atoms with Crippen LogP contribution in [0.25, 0.3) is 0 Å². The number of rotatable bonds is 7. The smallest absolute Gasteiger partial charge is 0.419 e. The molecule has 0 spiro atoms. The van der Waals surface area contributed by atoms with Crippen LogP contribution in [0.2, 0.25) is 0 Å². The van der Waals surface area contributed by atoms with Crippen molar-refractivity contribution in [2.24, 2.45) is 0 Å². The molecule has 0 aliphatic carbocycles. The first-order chi connectivity index (χ1) is 11.0. The van der Waals surface area contributed by atoms with Crippen molar-refractivity contribution in [2.45, 2.75) is 32.6 Å². The second-order valence-electron chi connectivity index (χ2n) is 5.28. The van der Waals surface area contributed by atoms with Gasteiger partial charge in [0, 0.05) is 26.6 Å². The largest absolute Gasteiger partial charge is 0.480 e. The Kier molecular flexibility index (Phi) is 6.70. The van der Waals surface area contributed by atoms with E-state index in [-0.39, 0.29) is 31.1 Å². The Morgan fingerprint density at radius 1 is 1.33 bits per heavy atom. The molecule has 5 nitrogen and oxygen atoms in total. The molecule has 0 aliphatic heterocycles. The van der Waals surface area contributed by atoms with Gasteiger partial charge in [-0.3, -0.25) is 14.5 Å². The van der Waals surface area contributed by atoms with E-state index in [1.165, 1.54) is 24.8 Å². The van der Waals surface area contributed by atoms with Crippen LogP contribution in [0.3, 0.4) is 0 Å². The van der Waals surface area contributed by atoms with E-state index >= 15 is 0 Å². The SMILES string of the molecule is CC(=O)NCCN(Cc1ccc(F)c(C(F)(F)F)c1)C(C)C(=O)O. The molecule has 9 heteroatoms. The van der Waals surface area contributed by atoms with Gasteiger partial charge in [-0.25, -0.2) is 4.39 Å². The third-order valence-corrected chi connectivity index (χ3v) is 3.40. The van der Waals surface area contributed by atoms with E-state index in [9.17, 15) is 27.2 Å². The summed E-state index contributed by atoms with van der Waals surface area (Å²) in [5, 5.41) is 11.6. The Bertz CT molecular complexity index is 605. The highest BCUT2D eigenvalue weighted by Gasteiger charge is 2.34. The number of carbonyl (C=O) groups is 2. The summed E-state index contributed by atoms with van der Waals surface area (Å²) in [6.45, 7) is 2.80. The van der Waals surface area contributed by atoms with Crippen molar-refractivity contribution in [3.8, 4) is 0 Å². The lowest BCUT2D eigenvalue weighted by atomic mass is 10.1. The van der Waals surface area contributed by atoms with Crippen LogP contribution in [-0.4, -0.2) is 41.0 Å². The number of carboxylic acids is 1. The van der Waals surface area contributed by atoms with Crippen LogP contribution in [0.5, 0.6) is 0 Å². The van der Waals surface area contributed by atoms with Gasteiger partial charge in [-0.15, -0.1) is 0 Å². The number of alkyl halides is 3. The normalized spacial score (nSPS) is 13.0. The minimum atomic E-state index is -4.83. The maximum absolute atomic E-state index is 13.3. The van der Waals surface area contributed by atoms with Crippen molar-refractivity contribution < 1.29 is 32.3 Å². The molecule has 0 fully saturated rings. The Labute approximate surface area is 136 Å². The molecule has 1 rings (SSSR count). The molecule has 1 unspecified atom stereocenters. The van der Waals surface area contributed by atoms with E-state index in [4.69, 9.17) is 5.11 Å². The number of hydrogen-bond donors (Lipinski definition) is 2. The molecule has 1 aromatic rings. The molecule has 0 aliphatic rings. The minimum Gasteiger partial charge on any atom is -0.480 e. The van der Waals surface area contributed by atoms with E-state index in [1.54, 1.807) is 0 Å². The number of nitrogens with zero attached hydrogens (tertiary/aromatic N) is 1. The van der Waals surface area contributed by atoms with Crippen LogP contribution in [0, 0.1) is 5.82 Å². The number of benzene rings is 1. The van der Waals surface area contributed by atoms with E-state index in [2.05, 4.69) is 5.32 Å². The number of hydrogen-bond acceptors (Lipinski definition) is 3. The summed E-state index contributed by atoms with van der Waals surface area (Å²) < 4.78 is 51.6. The molecule has 1 amide bonds. The monoisotopic (exact) mass is 350 g/mol. The lowest BCUT2D eigenvalue weighted by Crippen LogP contribution is -2.42. The lowest BCUT2D eigenvalue weighted by molar-refractivity contribution is -0.143. The Morgan fingerprint density at radius 3 is 2.46 bits per heavy atom. The number of carbonyl (C=O) groups excluding carboxylic acids is 1. The molecule has 134 valence electrons. The molecule has 0 saturated carbocycles. The first-order valence-corrected chi connectivity index (χ1v) is 7.09. The molecular formula is C15H18F4N2O3. The van der Waals surface area contributed by atoms with Crippen molar-refractivity contribution in [2.75, 3.05) is 13.1 Å². The summed E-state index contributed by atoms with van der Waals surface area (Å²) in [6.07, 6.45) is -4.83. The second kappa shape index (κ2) is 8.09. The molecule has 0 saturated heterocycles. The lowest BCUT2D eigenvalue weighted by Gasteiger charge is -2.26. The second-order valence-corrected chi connectivity index (χ2v) is 5.28. The highest BCUT2D eigenvalue weighted by Crippen LogP contribution is 2.32. The number of aliphatic carboxylic acids is 1. The van der Waals surface area contributed by atoms with Crippen LogP contribution in [-0.2, 0) is 22.3 Å². The Balaban J connectivity index is 2.97. The van der Waals surface area contributed by atoms with Gasteiger partial charge in [0.25, 0.3) is 0 Å². The van der Waals surface area contributed by atoms with Gasteiger partial charge < -0.3 is 10.4 Å². The van der Waals surface area contributed by atoms with Crippen LogP contribution >= 0.6 is 0 Å². The van der Waals surface area contributed by atoms with Gasteiger partial charge in [-0.2, -0.15) is 13.2 Å². The maximum Gasteiger partial charge on any atom is 0.419 e. The van der Waals surface area contributed by atoms with E-state index in [0.29, 0.717) is 12.1 Å². The fraction of sp³-hybridized carbons (Fsp3) is 0.467. The van der Waals surface area contributed by atoms with Gasteiger partial charge in [-0.05, 0) is 24.6 Å². The van der Waals surface area contributed by atoms with Gasteiger partial charge in [0.1, 0.15) is 11.9 Å². The first kappa shape index (κ1) is 19.9. The molecule has 0 radical (unpaired) electrons. The van der Waals surface area contributed by atoms with E-state index in [0.717, 1.165) is 0 Å². The van der Waals surface area contributed by atoms with Crippen molar-refractivity contribution in [3.05, 3.63) is 35.1 Å². The maximum atomic E-state index is 13.3. The first-order valence-electron chi connectivity index (χ1n) is 7.09. The van der Waals surface area contributed by atoms with Gasteiger partial charge >= 0.3 is 12.1 Å². The molecule has 2 N–H and O–H groups in total. The van der Waals surface area contributed by atoms with Crippen LogP contribution in [0.4, 0.5) is 17.6 Å². The Hall–Kier alpha value is -2.16. The topological polar surface area (TPSA) is 69.6 Å². The summed E-state index contributed by atoms with van der Waals surface area (Å²) in [5.74, 6) is -2.85. The third kappa shape index (κ3) is 5.80. The zero-order chi connectivity index (χ0) is 18.5. The molecule has 24 heavy (non-hydrogen) atoms. The van der Waals surface area contributed by atoms with Gasteiger partial charge in [0.15, 0.2) is 0 Å². The predicted molar refractivity (Wildman–Crippen MR) is 77.6 cm³/mol. The number of amides is 1. The third-order valence-electron chi connectivity index (χ3n) is 3.40. The molecule has 0 bridgehead atoms. The van der Waals surface area contributed by atoms with Crippen molar-refractivity contribution >= 4 is 11.9 Å². The van der Waals surface area contributed by atoms with E-state index < -0.39 is 29.6 Å². The van der Waals surface area contributed by atoms with Crippen molar-refractivity contribution in [3.63, 3.8) is 0 Å². The number of nitrogens with one attached hydrogen (secondary N) is 1. The van der Waals surface area contributed by atoms with Crippen LogP contribution < -0.4 is 5.32 Å². The number of carboxylic acid groups (broad SMARTS) is 1. The summed E-state index contributed by atoms with van der Waals surface area (Å²) in [7, 11) is 0. The quantitative estimate of drug-likeness (QED) is 0.740. The summed E-state index contributed by atoms with van der Waals surface area (Å²) in [6, 6.07) is 1.55. The van der Waals surface area contributed by atoms with Crippen LogP contribution in [0.15, 0.2) is 18.2 Å². The fourth-order valence-electron chi connectivity index (χ4n) is 2.06. The molecule has 1 aromatic carbocycles. The molecular weight excluding hydrogens is 332 g/mol. The Morgan fingerprint density at radius 2 is 1.96 bits per heavy atom. The molecule has 0 aromatic heterocycles. The standard InChI is InChI=1S/C15H18F4N2O3/c1-9(14(23)24)21(6-5-20-10(2)22)8-11-3-4-13(16)12(7-11)15(17,18)19/h3-4,7,9H,5-6,8H2,1-2H3,(H,20,22)(H,23,24). The highest BCUT2D eigenvalue weighted by atomic mass is 19.4. The molecule has 1 atom stereocenters. The molecule has 0 heterocycles. The van der Waals surface area contributed by atoms with Gasteiger partial charge in [0.05, 0.1) is 5.56 Å². The van der Waals surface area contributed by atoms with Crippen molar-refractivity contribution in [1.29, 1.82) is 0 Å². The number of halogens is 4. The minimum absolute atomic E-state index is 0.117. The van der Waals surface area contributed by atoms with Crippen LogP contribution in [0.1, 0.15) is 25.0 Å². The average molecular weight is 350 g/mol. The summed E-state index contributed by atoms with van der Waals surface area (Å²) >= 11 is 0. The van der Waals surface area contributed by atoms with E-state index in [1.807, 2.05) is 0 Å². The predicted octanol–water partition coefficient (Wildman–Crippen LogP) is 2.26. The zero-order valence-electron chi connectivity index (χ0n) is 13.2. The summed E-state index contributed by atoms with van der Waals surface area (Å²) in [5.41, 5.74) is -1.27. The average Bonchev–Trinajstić information content (AvgIpc) is 2.45. The fourth-order valence-corrected chi connectivity index (χ4v) is 2.06. The summed E-state index contributed by atoms with van der Waals surface area (Å²) in [4.78, 5) is 23.4. The highest BCUT2D eigenvalue weighted by molar-refractivity contribution is 5.73. The van der Waals surface area contributed by atoms with Crippen molar-refractivity contribution in [1.82, 2.24) is 10.2 Å². The van der Waals surface area contributed by atoms with Gasteiger partial charge in [-0.1, -0.05) is 6.07 Å². The van der Waals surface area contributed by atoms with Gasteiger partial charge in [0.2, 0.25) is 5.91 Å².